The summed E-state index contributed by atoms with van der Waals surface area (Å²) in [6.45, 7) is 1.99. The Balaban J connectivity index is 1.82. The predicted octanol–water partition coefficient (Wildman–Crippen LogP) is 2.62. The average molecular weight is 254 g/mol. The van der Waals surface area contributed by atoms with E-state index < -0.39 is 0 Å². The molecule has 2 aromatic rings. The minimum absolute atomic E-state index is 0.664. The van der Waals surface area contributed by atoms with Gasteiger partial charge in [-0.1, -0.05) is 0 Å². The average Bonchev–Trinajstić information content (AvgIpc) is 2.86. The summed E-state index contributed by atoms with van der Waals surface area (Å²) < 4.78 is 5.13. The van der Waals surface area contributed by atoms with E-state index in [0.717, 1.165) is 28.5 Å². The van der Waals surface area contributed by atoms with Crippen molar-refractivity contribution in [1.29, 1.82) is 0 Å². The minimum Gasteiger partial charge on any atom is -0.497 e. The molecule has 96 valence electrons. The number of nitrogens with zero attached hydrogens (tertiary/aromatic N) is 2. The fourth-order valence-corrected chi connectivity index (χ4v) is 1.87. The van der Waals surface area contributed by atoms with Crippen molar-refractivity contribution in [3.8, 4) is 17.0 Å². The fourth-order valence-electron chi connectivity index (χ4n) is 1.87. The van der Waals surface area contributed by atoms with Crippen LogP contribution in [0, 0.1) is 0 Å². The zero-order chi connectivity index (χ0) is 13.2. The molecule has 5 heteroatoms. The van der Waals surface area contributed by atoms with Gasteiger partial charge in [0, 0.05) is 11.8 Å². The van der Waals surface area contributed by atoms with Crippen molar-refractivity contribution in [2.24, 2.45) is 4.99 Å². The highest BCUT2D eigenvalue weighted by Gasteiger charge is 2.09. The Morgan fingerprint density at radius 2 is 1.95 bits per heavy atom. The summed E-state index contributed by atoms with van der Waals surface area (Å²) in [5.74, 6) is 2.34. The number of rotatable bonds is 3. The van der Waals surface area contributed by atoms with Crippen molar-refractivity contribution in [3.63, 3.8) is 0 Å². The van der Waals surface area contributed by atoms with Gasteiger partial charge >= 0.3 is 0 Å². The van der Waals surface area contributed by atoms with Gasteiger partial charge in [0.25, 0.3) is 0 Å². The highest BCUT2D eigenvalue weighted by atomic mass is 16.5. The van der Waals surface area contributed by atoms with Crippen molar-refractivity contribution in [2.75, 3.05) is 7.11 Å². The largest absolute Gasteiger partial charge is 0.497 e. The second kappa shape index (κ2) is 4.61. The van der Waals surface area contributed by atoms with Gasteiger partial charge in [-0.25, -0.2) is 4.99 Å². The molecule has 0 aliphatic carbocycles. The first-order chi connectivity index (χ1) is 9.24. The monoisotopic (exact) mass is 254 g/mol. The third-order valence-corrected chi connectivity index (χ3v) is 2.88. The minimum atomic E-state index is 0.664. The van der Waals surface area contributed by atoms with Crippen LogP contribution >= 0.6 is 0 Å². The quantitative estimate of drug-likeness (QED) is 0.885. The fraction of sp³-hybridized carbons (Fsp3) is 0.143. The number of aliphatic imine (C=N–C) groups is 1. The molecular weight excluding hydrogens is 240 g/mol. The van der Waals surface area contributed by atoms with Crippen LogP contribution in [0.5, 0.6) is 5.75 Å². The zero-order valence-electron chi connectivity index (χ0n) is 10.8. The Morgan fingerprint density at radius 1 is 1.21 bits per heavy atom. The summed E-state index contributed by atoms with van der Waals surface area (Å²) in [5, 5.41) is 10.2. The van der Waals surface area contributed by atoms with Gasteiger partial charge in [-0.15, -0.1) is 0 Å². The maximum absolute atomic E-state index is 5.13. The Bertz CT molecular complexity index is 652. The van der Waals surface area contributed by atoms with Crippen LogP contribution in [-0.2, 0) is 0 Å². The number of hydrogen-bond acceptors (Lipinski definition) is 3. The van der Waals surface area contributed by atoms with Gasteiger partial charge in [-0.3, -0.25) is 5.10 Å². The molecule has 0 bridgehead atoms. The number of hydrogen-bond donors (Lipinski definition) is 2. The van der Waals surface area contributed by atoms with E-state index >= 15 is 0 Å². The molecule has 1 aliphatic heterocycles. The normalized spacial score (nSPS) is 15.7. The van der Waals surface area contributed by atoms with E-state index in [0.29, 0.717) is 5.82 Å². The van der Waals surface area contributed by atoms with Crippen LogP contribution < -0.4 is 10.1 Å². The number of H-pyrrole nitrogens is 1. The Hall–Kier alpha value is -2.56. The topological polar surface area (TPSA) is 62.3 Å². The van der Waals surface area contributed by atoms with Crippen LogP contribution in [0.2, 0.25) is 0 Å². The summed E-state index contributed by atoms with van der Waals surface area (Å²) in [6, 6.07) is 9.71. The molecule has 3 rings (SSSR count). The van der Waals surface area contributed by atoms with E-state index in [1.54, 1.807) is 7.11 Å². The molecule has 5 nitrogen and oxygen atoms in total. The maximum Gasteiger partial charge on any atom is 0.176 e. The molecule has 1 aromatic carbocycles. The van der Waals surface area contributed by atoms with Crippen molar-refractivity contribution in [2.45, 2.75) is 6.92 Å². The number of methoxy groups -OCH3 is 1. The Morgan fingerprint density at radius 3 is 2.58 bits per heavy atom. The Labute approximate surface area is 111 Å². The van der Waals surface area contributed by atoms with Gasteiger partial charge in [-0.05, 0) is 42.8 Å². The third-order valence-electron chi connectivity index (χ3n) is 2.88. The number of aromatic amines is 1. The molecular formula is C14H14N4O. The van der Waals surface area contributed by atoms with E-state index in [4.69, 9.17) is 4.74 Å². The first-order valence-corrected chi connectivity index (χ1v) is 5.98. The van der Waals surface area contributed by atoms with Crippen molar-refractivity contribution >= 4 is 11.7 Å². The van der Waals surface area contributed by atoms with Crippen LogP contribution in [-0.4, -0.2) is 23.1 Å². The van der Waals surface area contributed by atoms with E-state index in [1.807, 2.05) is 43.3 Å². The Kier molecular flexibility index (Phi) is 2.79. The molecule has 0 atom stereocenters. The molecule has 0 spiro atoms. The number of allylic oxidation sites excluding steroid dienone is 1. The van der Waals surface area contributed by atoms with Gasteiger partial charge in [0.05, 0.1) is 12.8 Å². The van der Waals surface area contributed by atoms with Gasteiger partial charge in [0.15, 0.2) is 5.82 Å². The van der Waals surface area contributed by atoms with Gasteiger partial charge in [-0.2, -0.15) is 5.10 Å². The molecule has 0 fully saturated rings. The first-order valence-electron chi connectivity index (χ1n) is 5.98. The third kappa shape index (κ3) is 2.35. The lowest BCUT2D eigenvalue weighted by Gasteiger charge is -2.14. The molecule has 0 saturated heterocycles. The summed E-state index contributed by atoms with van der Waals surface area (Å²) in [4.78, 5) is 4.36. The number of nitrogens with one attached hydrogen (secondary N) is 2. The molecule has 2 heterocycles. The van der Waals surface area contributed by atoms with Crippen molar-refractivity contribution < 1.29 is 4.74 Å². The molecule has 1 aromatic heterocycles. The van der Waals surface area contributed by atoms with Gasteiger partial charge in [0.1, 0.15) is 11.6 Å². The highest BCUT2D eigenvalue weighted by molar-refractivity contribution is 6.01. The molecule has 0 radical (unpaired) electrons. The molecule has 1 aliphatic rings. The summed E-state index contributed by atoms with van der Waals surface area (Å²) in [6.07, 6.45) is 1.97. The van der Waals surface area contributed by atoms with Crippen LogP contribution in [0.1, 0.15) is 6.92 Å². The first kappa shape index (κ1) is 11.5. The van der Waals surface area contributed by atoms with Crippen LogP contribution in [0.25, 0.3) is 11.3 Å². The van der Waals surface area contributed by atoms with E-state index in [2.05, 4.69) is 20.5 Å². The van der Waals surface area contributed by atoms with Crippen LogP contribution in [0.4, 0.5) is 5.82 Å². The SMILES string of the molecule is COc1ccc(-c2cc(N=C3C=C(C)N3)n[nH]2)cc1. The number of amidine groups is 1. The lowest BCUT2D eigenvalue weighted by atomic mass is 10.1. The van der Waals surface area contributed by atoms with Crippen molar-refractivity contribution in [1.82, 2.24) is 15.5 Å². The summed E-state index contributed by atoms with van der Waals surface area (Å²) >= 11 is 0. The van der Waals surface area contributed by atoms with E-state index in [1.165, 1.54) is 0 Å². The molecule has 0 unspecified atom stereocenters. The van der Waals surface area contributed by atoms with E-state index in [-0.39, 0.29) is 0 Å². The standard InChI is InChI=1S/C14H14N4O/c1-9-7-13(15-9)16-14-8-12(17-18-14)10-3-5-11(19-2)6-4-10/h3-8H,1-2H3,(H2,15,16,17,18). The maximum atomic E-state index is 5.13. The lowest BCUT2D eigenvalue weighted by Crippen LogP contribution is -2.29. The number of aromatic nitrogens is 2. The predicted molar refractivity (Wildman–Crippen MR) is 74.6 cm³/mol. The van der Waals surface area contributed by atoms with E-state index in [9.17, 15) is 0 Å². The van der Waals surface area contributed by atoms with Gasteiger partial charge in [0.2, 0.25) is 0 Å². The summed E-state index contributed by atoms with van der Waals surface area (Å²) in [7, 11) is 1.65. The smallest absolute Gasteiger partial charge is 0.176 e. The van der Waals surface area contributed by atoms with Crippen molar-refractivity contribution in [3.05, 3.63) is 42.1 Å². The molecule has 2 N–H and O–H groups in total. The molecule has 0 amide bonds. The van der Waals surface area contributed by atoms with Gasteiger partial charge < -0.3 is 10.1 Å². The number of benzene rings is 1. The lowest BCUT2D eigenvalue weighted by molar-refractivity contribution is 0.415. The zero-order valence-corrected chi connectivity index (χ0v) is 10.8. The molecule has 19 heavy (non-hydrogen) atoms. The highest BCUT2D eigenvalue weighted by Crippen LogP contribution is 2.23. The number of ether oxygens (including phenoxy) is 1. The second-order valence-electron chi connectivity index (χ2n) is 4.32. The van der Waals surface area contributed by atoms with Crippen LogP contribution in [0.3, 0.4) is 0 Å². The van der Waals surface area contributed by atoms with Crippen LogP contribution in [0.15, 0.2) is 47.1 Å². The summed E-state index contributed by atoms with van der Waals surface area (Å²) in [5.41, 5.74) is 3.10. The second-order valence-corrected chi connectivity index (χ2v) is 4.32. The molecule has 0 saturated carbocycles.